The number of rotatable bonds is 4. The molecular weight excluding hydrogens is 225 g/mol. The standard InChI is InChI=1S/C12H12FNO3/c1-8(9-3-2-4-10(13)7-9)14-11(15)5-6-12(16)17/h2-8H,1H3,(H,14,15)(H,16,17)/b6-5+/t8-/m1/s1. The van der Waals surface area contributed by atoms with E-state index in [1.54, 1.807) is 19.1 Å². The van der Waals surface area contributed by atoms with E-state index in [-0.39, 0.29) is 5.82 Å². The monoisotopic (exact) mass is 237 g/mol. The van der Waals surface area contributed by atoms with Crippen LogP contribution in [-0.2, 0) is 9.59 Å². The molecule has 5 heteroatoms. The van der Waals surface area contributed by atoms with Crippen LogP contribution in [0.3, 0.4) is 0 Å². The topological polar surface area (TPSA) is 66.4 Å². The van der Waals surface area contributed by atoms with Gasteiger partial charge in [-0.05, 0) is 24.6 Å². The fourth-order valence-corrected chi connectivity index (χ4v) is 1.27. The molecule has 0 aliphatic heterocycles. The van der Waals surface area contributed by atoms with Gasteiger partial charge in [0.2, 0.25) is 5.91 Å². The third-order valence-corrected chi connectivity index (χ3v) is 2.08. The molecule has 0 radical (unpaired) electrons. The Kier molecular flexibility index (Phi) is 4.39. The van der Waals surface area contributed by atoms with E-state index in [0.717, 1.165) is 12.2 Å². The van der Waals surface area contributed by atoms with Crippen LogP contribution in [0.25, 0.3) is 0 Å². The van der Waals surface area contributed by atoms with Gasteiger partial charge in [-0.2, -0.15) is 0 Å². The van der Waals surface area contributed by atoms with Gasteiger partial charge in [0.15, 0.2) is 0 Å². The highest BCUT2D eigenvalue weighted by molar-refractivity contribution is 5.94. The predicted molar refractivity (Wildman–Crippen MR) is 59.7 cm³/mol. The largest absolute Gasteiger partial charge is 0.478 e. The Bertz CT molecular complexity index is 457. The highest BCUT2D eigenvalue weighted by atomic mass is 19.1. The van der Waals surface area contributed by atoms with E-state index >= 15 is 0 Å². The maximum atomic E-state index is 12.9. The second-order valence-electron chi connectivity index (χ2n) is 3.46. The first-order valence-electron chi connectivity index (χ1n) is 4.96. The Morgan fingerprint density at radius 1 is 1.41 bits per heavy atom. The molecule has 17 heavy (non-hydrogen) atoms. The Morgan fingerprint density at radius 2 is 2.12 bits per heavy atom. The first-order valence-corrected chi connectivity index (χ1v) is 4.96. The Labute approximate surface area is 97.8 Å². The molecular formula is C12H12FNO3. The quantitative estimate of drug-likeness (QED) is 0.782. The molecule has 0 unspecified atom stereocenters. The molecule has 90 valence electrons. The van der Waals surface area contributed by atoms with Crippen molar-refractivity contribution in [3.63, 3.8) is 0 Å². The summed E-state index contributed by atoms with van der Waals surface area (Å²) in [5, 5.41) is 10.9. The van der Waals surface area contributed by atoms with Crippen molar-refractivity contribution in [1.29, 1.82) is 0 Å². The molecule has 0 heterocycles. The van der Waals surface area contributed by atoms with Crippen LogP contribution in [0.15, 0.2) is 36.4 Å². The summed E-state index contributed by atoms with van der Waals surface area (Å²) in [6.07, 6.45) is 1.66. The number of hydrogen-bond donors (Lipinski definition) is 2. The van der Waals surface area contributed by atoms with Crippen LogP contribution >= 0.6 is 0 Å². The lowest BCUT2D eigenvalue weighted by Crippen LogP contribution is -2.24. The fraction of sp³-hybridized carbons (Fsp3) is 0.167. The maximum Gasteiger partial charge on any atom is 0.328 e. The van der Waals surface area contributed by atoms with E-state index in [9.17, 15) is 14.0 Å². The molecule has 1 aromatic carbocycles. The van der Waals surface area contributed by atoms with Crippen molar-refractivity contribution in [2.24, 2.45) is 0 Å². The molecule has 0 aliphatic rings. The van der Waals surface area contributed by atoms with Crippen molar-refractivity contribution in [1.82, 2.24) is 5.32 Å². The van der Waals surface area contributed by atoms with Gasteiger partial charge in [0.1, 0.15) is 5.82 Å². The van der Waals surface area contributed by atoms with Crippen LogP contribution in [0.2, 0.25) is 0 Å². The molecule has 1 rings (SSSR count). The van der Waals surface area contributed by atoms with Crippen LogP contribution in [0.4, 0.5) is 4.39 Å². The summed E-state index contributed by atoms with van der Waals surface area (Å²) >= 11 is 0. The number of carbonyl (C=O) groups excluding carboxylic acids is 1. The number of amides is 1. The minimum absolute atomic E-state index is 0.385. The zero-order valence-electron chi connectivity index (χ0n) is 9.18. The lowest BCUT2D eigenvalue weighted by Gasteiger charge is -2.12. The molecule has 0 aromatic heterocycles. The summed E-state index contributed by atoms with van der Waals surface area (Å²) in [4.78, 5) is 21.4. The van der Waals surface area contributed by atoms with Crippen molar-refractivity contribution in [3.05, 3.63) is 47.8 Å². The Morgan fingerprint density at radius 3 is 2.71 bits per heavy atom. The van der Waals surface area contributed by atoms with Crippen molar-refractivity contribution >= 4 is 11.9 Å². The highest BCUT2D eigenvalue weighted by Gasteiger charge is 2.08. The Hall–Kier alpha value is -2.17. The third kappa shape index (κ3) is 4.46. The molecule has 0 bridgehead atoms. The second-order valence-corrected chi connectivity index (χ2v) is 3.46. The van der Waals surface area contributed by atoms with Crippen LogP contribution in [0.5, 0.6) is 0 Å². The molecule has 0 spiro atoms. The van der Waals surface area contributed by atoms with E-state index in [1.807, 2.05) is 0 Å². The van der Waals surface area contributed by atoms with Gasteiger partial charge in [-0.25, -0.2) is 9.18 Å². The van der Waals surface area contributed by atoms with Crippen molar-refractivity contribution in [3.8, 4) is 0 Å². The molecule has 1 atom stereocenters. The molecule has 4 nitrogen and oxygen atoms in total. The van der Waals surface area contributed by atoms with Gasteiger partial charge in [0, 0.05) is 12.2 Å². The lowest BCUT2D eigenvalue weighted by molar-refractivity contribution is -0.131. The number of hydrogen-bond acceptors (Lipinski definition) is 2. The van der Waals surface area contributed by atoms with Gasteiger partial charge in [-0.1, -0.05) is 12.1 Å². The van der Waals surface area contributed by atoms with Gasteiger partial charge in [-0.15, -0.1) is 0 Å². The number of nitrogens with one attached hydrogen (secondary N) is 1. The van der Waals surface area contributed by atoms with Gasteiger partial charge in [-0.3, -0.25) is 4.79 Å². The van der Waals surface area contributed by atoms with E-state index in [4.69, 9.17) is 5.11 Å². The third-order valence-electron chi connectivity index (χ3n) is 2.08. The van der Waals surface area contributed by atoms with Crippen LogP contribution in [0.1, 0.15) is 18.5 Å². The summed E-state index contributed by atoms with van der Waals surface area (Å²) in [5.74, 6) is -2.12. The highest BCUT2D eigenvalue weighted by Crippen LogP contribution is 2.13. The SMILES string of the molecule is C[C@@H](NC(=O)/C=C/C(=O)O)c1cccc(F)c1. The number of carboxylic acids is 1. The fourth-order valence-electron chi connectivity index (χ4n) is 1.27. The van der Waals surface area contributed by atoms with E-state index in [2.05, 4.69) is 5.32 Å². The van der Waals surface area contributed by atoms with Crippen molar-refractivity contribution in [2.75, 3.05) is 0 Å². The summed E-state index contributed by atoms with van der Waals surface area (Å²) in [6.45, 7) is 1.68. The first kappa shape index (κ1) is 12.9. The van der Waals surface area contributed by atoms with Crippen molar-refractivity contribution < 1.29 is 19.1 Å². The molecule has 1 aromatic rings. The Balaban J connectivity index is 2.63. The van der Waals surface area contributed by atoms with E-state index in [0.29, 0.717) is 5.56 Å². The van der Waals surface area contributed by atoms with Gasteiger partial charge >= 0.3 is 5.97 Å². The van der Waals surface area contributed by atoms with Crippen LogP contribution < -0.4 is 5.32 Å². The number of halogens is 1. The smallest absolute Gasteiger partial charge is 0.328 e. The average molecular weight is 237 g/mol. The number of carboxylic acid groups (broad SMARTS) is 1. The minimum atomic E-state index is -1.20. The molecule has 2 N–H and O–H groups in total. The van der Waals surface area contributed by atoms with Crippen molar-refractivity contribution in [2.45, 2.75) is 13.0 Å². The van der Waals surface area contributed by atoms with Gasteiger partial charge < -0.3 is 10.4 Å². The summed E-state index contributed by atoms with van der Waals surface area (Å²) in [5.41, 5.74) is 0.613. The molecule has 1 amide bonds. The van der Waals surface area contributed by atoms with Crippen LogP contribution in [-0.4, -0.2) is 17.0 Å². The zero-order chi connectivity index (χ0) is 12.8. The number of carbonyl (C=O) groups is 2. The molecule has 0 saturated heterocycles. The normalized spacial score (nSPS) is 12.4. The zero-order valence-corrected chi connectivity index (χ0v) is 9.18. The predicted octanol–water partition coefficient (Wildman–Crippen LogP) is 1.64. The molecule has 0 saturated carbocycles. The first-order chi connectivity index (χ1) is 7.99. The van der Waals surface area contributed by atoms with E-state index in [1.165, 1.54) is 12.1 Å². The summed E-state index contributed by atoms with van der Waals surface area (Å²) in [6, 6.07) is 5.44. The maximum absolute atomic E-state index is 12.9. The van der Waals surface area contributed by atoms with Gasteiger partial charge in [0.25, 0.3) is 0 Å². The average Bonchev–Trinajstić information content (AvgIpc) is 2.26. The van der Waals surface area contributed by atoms with E-state index < -0.39 is 17.9 Å². The summed E-state index contributed by atoms with van der Waals surface area (Å²) in [7, 11) is 0. The minimum Gasteiger partial charge on any atom is -0.478 e. The molecule has 0 aliphatic carbocycles. The second kappa shape index (κ2) is 5.79. The lowest BCUT2D eigenvalue weighted by atomic mass is 10.1. The van der Waals surface area contributed by atoms with Crippen LogP contribution in [0, 0.1) is 5.82 Å². The number of aliphatic carboxylic acids is 1. The molecule has 0 fully saturated rings. The number of benzene rings is 1. The summed E-state index contributed by atoms with van der Waals surface area (Å²) < 4.78 is 12.9. The van der Waals surface area contributed by atoms with Gasteiger partial charge in [0.05, 0.1) is 6.04 Å².